The van der Waals surface area contributed by atoms with Gasteiger partial charge in [0.25, 0.3) is 6.29 Å². The molecule has 0 rings (SSSR count). The summed E-state index contributed by atoms with van der Waals surface area (Å²) in [6.07, 6.45) is -2.31. The Hall–Kier alpha value is -0.610. The first-order chi connectivity index (χ1) is 4.04. The Kier molecular flexibility index (Phi) is 3.19. The van der Waals surface area contributed by atoms with Crippen LogP contribution in [0, 0.1) is 0 Å². The van der Waals surface area contributed by atoms with Crippen molar-refractivity contribution in [1.82, 2.24) is 0 Å². The first kappa shape index (κ1) is 8.39. The lowest BCUT2D eigenvalue weighted by Gasteiger charge is -2.07. The zero-order chi connectivity index (χ0) is 7.44. The molecule has 0 radical (unpaired) electrons. The molecule has 0 saturated heterocycles. The predicted octanol–water partition coefficient (Wildman–Crippen LogP) is -0.751. The molecule has 4 nitrogen and oxygen atoms in total. The van der Waals surface area contributed by atoms with Gasteiger partial charge in [-0.05, 0) is 13.8 Å². The maximum Gasteiger partial charge on any atom is 0.363 e. The van der Waals surface area contributed by atoms with Crippen molar-refractivity contribution in [3.05, 3.63) is 0 Å². The minimum absolute atomic E-state index is 0.306. The largest absolute Gasteiger partial charge is 0.459 e. The van der Waals surface area contributed by atoms with Gasteiger partial charge in [0.2, 0.25) is 0 Å². The molecule has 0 aliphatic carbocycles. The van der Waals surface area contributed by atoms with E-state index in [1.165, 1.54) is 0 Å². The summed E-state index contributed by atoms with van der Waals surface area (Å²) in [6, 6.07) is 0. The van der Waals surface area contributed by atoms with Crippen molar-refractivity contribution < 1.29 is 19.7 Å². The van der Waals surface area contributed by atoms with Crippen LogP contribution in [0.5, 0.6) is 0 Å². The Morgan fingerprint density at radius 3 is 2.00 bits per heavy atom. The summed E-state index contributed by atoms with van der Waals surface area (Å²) >= 11 is 0. The van der Waals surface area contributed by atoms with Crippen LogP contribution in [0.15, 0.2) is 0 Å². The second kappa shape index (κ2) is 3.42. The standard InChI is InChI=1S/C5H10O4/c1-3(2)9-5(8)4(6)7/h3-4,6-7H,1-2H3. The molecule has 0 saturated carbocycles. The highest BCUT2D eigenvalue weighted by atomic mass is 16.6. The topological polar surface area (TPSA) is 66.8 Å². The molecular formula is C5H10O4. The van der Waals surface area contributed by atoms with Crippen molar-refractivity contribution in [2.75, 3.05) is 0 Å². The lowest BCUT2D eigenvalue weighted by atomic mass is 10.5. The summed E-state index contributed by atoms with van der Waals surface area (Å²) in [7, 11) is 0. The summed E-state index contributed by atoms with van der Waals surface area (Å²) in [5.74, 6) is -1.01. The Morgan fingerprint density at radius 1 is 1.44 bits per heavy atom. The fourth-order valence-electron chi connectivity index (χ4n) is 0.293. The van der Waals surface area contributed by atoms with Gasteiger partial charge in [-0.2, -0.15) is 0 Å². The van der Waals surface area contributed by atoms with E-state index in [4.69, 9.17) is 10.2 Å². The molecular weight excluding hydrogens is 124 g/mol. The molecule has 0 amide bonds. The van der Waals surface area contributed by atoms with Crippen LogP contribution in [0.25, 0.3) is 0 Å². The van der Waals surface area contributed by atoms with Gasteiger partial charge < -0.3 is 14.9 Å². The van der Waals surface area contributed by atoms with E-state index in [9.17, 15) is 4.79 Å². The number of hydrogen-bond acceptors (Lipinski definition) is 4. The number of carbonyl (C=O) groups excluding carboxylic acids is 1. The Labute approximate surface area is 53.1 Å². The molecule has 0 bridgehead atoms. The summed E-state index contributed by atoms with van der Waals surface area (Å²) in [5.41, 5.74) is 0. The quantitative estimate of drug-likeness (QED) is 0.385. The maximum atomic E-state index is 10.2. The van der Waals surface area contributed by atoms with Gasteiger partial charge in [0.05, 0.1) is 6.10 Å². The lowest BCUT2D eigenvalue weighted by molar-refractivity contribution is -0.176. The Morgan fingerprint density at radius 2 is 1.89 bits per heavy atom. The number of aliphatic hydroxyl groups is 2. The molecule has 0 aliphatic heterocycles. The first-order valence-electron chi connectivity index (χ1n) is 2.60. The summed E-state index contributed by atoms with van der Waals surface area (Å²) in [5, 5.41) is 16.3. The molecule has 4 heteroatoms. The van der Waals surface area contributed by atoms with Gasteiger partial charge in [-0.1, -0.05) is 0 Å². The zero-order valence-corrected chi connectivity index (χ0v) is 5.37. The molecule has 0 aliphatic rings. The van der Waals surface area contributed by atoms with Crippen molar-refractivity contribution in [3.8, 4) is 0 Å². The van der Waals surface area contributed by atoms with Gasteiger partial charge in [0.15, 0.2) is 0 Å². The number of aliphatic hydroxyl groups excluding tert-OH is 1. The van der Waals surface area contributed by atoms with E-state index in [-0.39, 0.29) is 6.10 Å². The Bertz CT molecular complexity index is 97.1. The molecule has 54 valence electrons. The van der Waals surface area contributed by atoms with E-state index in [1.807, 2.05) is 0 Å². The predicted molar refractivity (Wildman–Crippen MR) is 29.5 cm³/mol. The highest BCUT2D eigenvalue weighted by Crippen LogP contribution is 1.90. The van der Waals surface area contributed by atoms with E-state index in [1.54, 1.807) is 13.8 Å². The number of ether oxygens (including phenoxy) is 1. The second-order valence-electron chi connectivity index (χ2n) is 1.86. The third-order valence-corrected chi connectivity index (χ3v) is 0.563. The normalized spacial score (nSPS) is 10.4. The molecule has 0 heterocycles. The van der Waals surface area contributed by atoms with Crippen LogP contribution < -0.4 is 0 Å². The monoisotopic (exact) mass is 134 g/mol. The van der Waals surface area contributed by atoms with E-state index < -0.39 is 12.3 Å². The zero-order valence-electron chi connectivity index (χ0n) is 5.37. The number of rotatable bonds is 2. The van der Waals surface area contributed by atoms with Gasteiger partial charge >= 0.3 is 5.97 Å². The molecule has 0 unspecified atom stereocenters. The smallest absolute Gasteiger partial charge is 0.363 e. The van der Waals surface area contributed by atoms with E-state index in [0.29, 0.717) is 0 Å². The van der Waals surface area contributed by atoms with Crippen LogP contribution in [-0.4, -0.2) is 28.6 Å². The average molecular weight is 134 g/mol. The molecule has 0 spiro atoms. The van der Waals surface area contributed by atoms with Gasteiger partial charge in [-0.25, -0.2) is 4.79 Å². The number of esters is 1. The van der Waals surface area contributed by atoms with Crippen LogP contribution in [0.4, 0.5) is 0 Å². The highest BCUT2D eigenvalue weighted by molar-refractivity contribution is 5.72. The molecule has 9 heavy (non-hydrogen) atoms. The van der Waals surface area contributed by atoms with Crippen LogP contribution in [0.1, 0.15) is 13.8 Å². The number of hydrogen-bond donors (Lipinski definition) is 2. The third kappa shape index (κ3) is 3.93. The van der Waals surface area contributed by atoms with Gasteiger partial charge in [-0.15, -0.1) is 0 Å². The SMILES string of the molecule is CC(C)OC(=O)C(O)O. The van der Waals surface area contributed by atoms with E-state index in [0.717, 1.165) is 0 Å². The molecule has 0 aromatic heterocycles. The van der Waals surface area contributed by atoms with Gasteiger partial charge in [0.1, 0.15) is 0 Å². The Balaban J connectivity index is 3.51. The maximum absolute atomic E-state index is 10.2. The van der Waals surface area contributed by atoms with E-state index in [2.05, 4.69) is 4.74 Å². The van der Waals surface area contributed by atoms with Crippen molar-refractivity contribution in [2.24, 2.45) is 0 Å². The fraction of sp³-hybridized carbons (Fsp3) is 0.800. The molecule has 0 aromatic rings. The molecule has 0 aromatic carbocycles. The number of carbonyl (C=O) groups is 1. The van der Waals surface area contributed by atoms with Crippen molar-refractivity contribution in [2.45, 2.75) is 26.2 Å². The van der Waals surface area contributed by atoms with E-state index >= 15 is 0 Å². The van der Waals surface area contributed by atoms with Crippen LogP contribution >= 0.6 is 0 Å². The van der Waals surface area contributed by atoms with Crippen LogP contribution in [0.2, 0.25) is 0 Å². The summed E-state index contributed by atoms with van der Waals surface area (Å²) in [6.45, 7) is 3.25. The van der Waals surface area contributed by atoms with Crippen molar-refractivity contribution >= 4 is 5.97 Å². The minimum atomic E-state index is -2.01. The summed E-state index contributed by atoms with van der Waals surface area (Å²) < 4.78 is 4.37. The molecule has 2 N–H and O–H groups in total. The van der Waals surface area contributed by atoms with Gasteiger partial charge in [0, 0.05) is 0 Å². The van der Waals surface area contributed by atoms with Crippen molar-refractivity contribution in [3.63, 3.8) is 0 Å². The minimum Gasteiger partial charge on any atom is -0.459 e. The first-order valence-corrected chi connectivity index (χ1v) is 2.60. The molecule has 0 atom stereocenters. The lowest BCUT2D eigenvalue weighted by Crippen LogP contribution is -2.24. The average Bonchev–Trinajstić information content (AvgIpc) is 1.63. The summed E-state index contributed by atoms with van der Waals surface area (Å²) in [4.78, 5) is 10.2. The highest BCUT2D eigenvalue weighted by Gasteiger charge is 2.12. The van der Waals surface area contributed by atoms with Crippen LogP contribution in [0.3, 0.4) is 0 Å². The second-order valence-corrected chi connectivity index (χ2v) is 1.86. The fourth-order valence-corrected chi connectivity index (χ4v) is 0.293. The van der Waals surface area contributed by atoms with Gasteiger partial charge in [-0.3, -0.25) is 0 Å². The third-order valence-electron chi connectivity index (χ3n) is 0.563. The van der Waals surface area contributed by atoms with Crippen molar-refractivity contribution in [1.29, 1.82) is 0 Å². The van der Waals surface area contributed by atoms with Crippen LogP contribution in [-0.2, 0) is 9.53 Å². The molecule has 0 fully saturated rings.